The molecule has 0 atom stereocenters. The highest BCUT2D eigenvalue weighted by Crippen LogP contribution is 2.28. The van der Waals surface area contributed by atoms with Crippen molar-refractivity contribution in [2.75, 3.05) is 6.61 Å². The van der Waals surface area contributed by atoms with Gasteiger partial charge in [0.25, 0.3) is 0 Å². The molecule has 19 heavy (non-hydrogen) atoms. The van der Waals surface area contributed by atoms with Gasteiger partial charge in [-0.3, -0.25) is 0 Å². The van der Waals surface area contributed by atoms with E-state index in [4.69, 9.17) is 4.74 Å². The molecule has 0 saturated carbocycles. The van der Waals surface area contributed by atoms with Gasteiger partial charge in [0.2, 0.25) is 0 Å². The highest BCUT2D eigenvalue weighted by atomic mass is 79.9. The second-order valence-electron chi connectivity index (χ2n) is 4.98. The molecule has 1 nitrogen and oxygen atoms in total. The molecule has 0 aliphatic heterocycles. The molecule has 0 fully saturated rings. The van der Waals surface area contributed by atoms with Crippen molar-refractivity contribution in [3.63, 3.8) is 0 Å². The van der Waals surface area contributed by atoms with E-state index in [1.807, 2.05) is 12.1 Å². The van der Waals surface area contributed by atoms with E-state index in [1.165, 1.54) is 16.7 Å². The fourth-order valence-corrected chi connectivity index (χ4v) is 2.86. The highest BCUT2D eigenvalue weighted by molar-refractivity contribution is 9.10. The SMILES string of the molecule is Cc1cc(C)cc(CCOc2c(C)cccc2Br)c1. The lowest BCUT2D eigenvalue weighted by Gasteiger charge is -2.11. The second-order valence-corrected chi connectivity index (χ2v) is 5.83. The van der Waals surface area contributed by atoms with Crippen LogP contribution in [0.4, 0.5) is 0 Å². The minimum absolute atomic E-state index is 0.701. The van der Waals surface area contributed by atoms with Gasteiger partial charge in [0.1, 0.15) is 5.75 Å². The van der Waals surface area contributed by atoms with Gasteiger partial charge in [0, 0.05) is 6.42 Å². The van der Waals surface area contributed by atoms with E-state index in [0.717, 1.165) is 22.2 Å². The molecule has 2 aromatic rings. The van der Waals surface area contributed by atoms with Gasteiger partial charge in [-0.25, -0.2) is 0 Å². The van der Waals surface area contributed by atoms with Gasteiger partial charge in [0.15, 0.2) is 0 Å². The Balaban J connectivity index is 2.00. The lowest BCUT2D eigenvalue weighted by atomic mass is 10.1. The standard InChI is InChI=1S/C17H19BrO/c1-12-9-13(2)11-15(10-12)7-8-19-17-14(3)5-4-6-16(17)18/h4-6,9-11H,7-8H2,1-3H3. The number of ether oxygens (including phenoxy) is 1. The van der Waals surface area contributed by atoms with Crippen LogP contribution in [0.5, 0.6) is 5.75 Å². The Morgan fingerprint density at radius 3 is 2.32 bits per heavy atom. The van der Waals surface area contributed by atoms with Crippen LogP contribution in [0, 0.1) is 20.8 Å². The fourth-order valence-electron chi connectivity index (χ4n) is 2.28. The van der Waals surface area contributed by atoms with Crippen LogP contribution in [0.1, 0.15) is 22.3 Å². The minimum atomic E-state index is 0.701. The summed E-state index contributed by atoms with van der Waals surface area (Å²) in [6, 6.07) is 12.8. The first-order chi connectivity index (χ1) is 9.06. The van der Waals surface area contributed by atoms with E-state index < -0.39 is 0 Å². The quantitative estimate of drug-likeness (QED) is 0.771. The molecule has 0 heterocycles. The molecule has 2 rings (SSSR count). The van der Waals surface area contributed by atoms with Gasteiger partial charge in [-0.15, -0.1) is 0 Å². The maximum Gasteiger partial charge on any atom is 0.136 e. The van der Waals surface area contributed by atoms with Crippen molar-refractivity contribution in [3.05, 3.63) is 63.1 Å². The topological polar surface area (TPSA) is 9.23 Å². The first kappa shape index (κ1) is 14.1. The summed E-state index contributed by atoms with van der Waals surface area (Å²) in [5.74, 6) is 0.951. The van der Waals surface area contributed by atoms with Crippen LogP contribution in [0.2, 0.25) is 0 Å². The summed E-state index contributed by atoms with van der Waals surface area (Å²) in [5.41, 5.74) is 5.12. The van der Waals surface area contributed by atoms with Gasteiger partial charge in [-0.05, 0) is 53.9 Å². The highest BCUT2D eigenvalue weighted by Gasteiger charge is 2.04. The third-order valence-electron chi connectivity index (χ3n) is 3.08. The van der Waals surface area contributed by atoms with E-state index in [9.17, 15) is 0 Å². The number of hydrogen-bond donors (Lipinski definition) is 0. The first-order valence-electron chi connectivity index (χ1n) is 6.51. The normalized spacial score (nSPS) is 10.5. The number of rotatable bonds is 4. The lowest BCUT2D eigenvalue weighted by molar-refractivity contribution is 0.318. The van der Waals surface area contributed by atoms with Crippen LogP contribution in [0.25, 0.3) is 0 Å². The van der Waals surface area contributed by atoms with Crippen molar-refractivity contribution in [1.82, 2.24) is 0 Å². The maximum atomic E-state index is 5.90. The molecule has 0 aromatic heterocycles. The van der Waals surface area contributed by atoms with Crippen LogP contribution in [0.3, 0.4) is 0 Å². The van der Waals surface area contributed by atoms with Gasteiger partial charge < -0.3 is 4.74 Å². The Kier molecular flexibility index (Phi) is 4.65. The van der Waals surface area contributed by atoms with Crippen molar-refractivity contribution in [2.24, 2.45) is 0 Å². The monoisotopic (exact) mass is 318 g/mol. The van der Waals surface area contributed by atoms with E-state index in [1.54, 1.807) is 0 Å². The van der Waals surface area contributed by atoms with E-state index in [-0.39, 0.29) is 0 Å². The number of benzene rings is 2. The smallest absolute Gasteiger partial charge is 0.136 e. The zero-order valence-corrected chi connectivity index (χ0v) is 13.3. The molecule has 0 saturated heterocycles. The molecule has 0 unspecified atom stereocenters. The van der Waals surface area contributed by atoms with Crippen LogP contribution >= 0.6 is 15.9 Å². The van der Waals surface area contributed by atoms with Gasteiger partial charge >= 0.3 is 0 Å². The molecule has 2 aromatic carbocycles. The first-order valence-corrected chi connectivity index (χ1v) is 7.30. The van der Waals surface area contributed by atoms with Crippen LogP contribution < -0.4 is 4.74 Å². The third-order valence-corrected chi connectivity index (χ3v) is 3.71. The predicted molar refractivity (Wildman–Crippen MR) is 84.0 cm³/mol. The molecule has 0 N–H and O–H groups in total. The summed E-state index contributed by atoms with van der Waals surface area (Å²) in [7, 11) is 0. The zero-order chi connectivity index (χ0) is 13.8. The molecular weight excluding hydrogens is 300 g/mol. The van der Waals surface area contributed by atoms with Gasteiger partial charge in [0.05, 0.1) is 11.1 Å². The van der Waals surface area contributed by atoms with Crippen LogP contribution in [-0.4, -0.2) is 6.61 Å². The molecule has 0 spiro atoms. The summed E-state index contributed by atoms with van der Waals surface area (Å²) in [4.78, 5) is 0. The largest absolute Gasteiger partial charge is 0.492 e. The van der Waals surface area contributed by atoms with Crippen molar-refractivity contribution in [1.29, 1.82) is 0 Å². The fraction of sp³-hybridized carbons (Fsp3) is 0.294. The Hall–Kier alpha value is -1.28. The number of hydrogen-bond acceptors (Lipinski definition) is 1. The van der Waals surface area contributed by atoms with Gasteiger partial charge in [-0.2, -0.15) is 0 Å². The Labute approximate surface area is 123 Å². The maximum absolute atomic E-state index is 5.90. The molecule has 0 aliphatic rings. The summed E-state index contributed by atoms with van der Waals surface area (Å²) in [6.07, 6.45) is 0.934. The summed E-state index contributed by atoms with van der Waals surface area (Å²) < 4.78 is 6.93. The summed E-state index contributed by atoms with van der Waals surface area (Å²) >= 11 is 3.53. The predicted octanol–water partition coefficient (Wildman–Crippen LogP) is 5.00. The molecule has 0 aliphatic carbocycles. The summed E-state index contributed by atoms with van der Waals surface area (Å²) in [6.45, 7) is 7.04. The third kappa shape index (κ3) is 3.84. The Morgan fingerprint density at radius 2 is 1.68 bits per heavy atom. The number of para-hydroxylation sites is 1. The average Bonchev–Trinajstić information content (AvgIpc) is 2.32. The average molecular weight is 319 g/mol. The minimum Gasteiger partial charge on any atom is -0.492 e. The van der Waals surface area contributed by atoms with E-state index >= 15 is 0 Å². The van der Waals surface area contributed by atoms with Crippen molar-refractivity contribution >= 4 is 15.9 Å². The number of aryl methyl sites for hydroxylation is 3. The molecule has 0 radical (unpaired) electrons. The molecule has 0 amide bonds. The molecule has 0 bridgehead atoms. The van der Waals surface area contributed by atoms with Crippen LogP contribution in [-0.2, 0) is 6.42 Å². The Morgan fingerprint density at radius 1 is 1.00 bits per heavy atom. The lowest BCUT2D eigenvalue weighted by Crippen LogP contribution is -2.03. The second kappa shape index (κ2) is 6.25. The van der Waals surface area contributed by atoms with Crippen LogP contribution in [0.15, 0.2) is 40.9 Å². The van der Waals surface area contributed by atoms with E-state index in [0.29, 0.717) is 6.61 Å². The van der Waals surface area contributed by atoms with Crippen molar-refractivity contribution < 1.29 is 4.74 Å². The van der Waals surface area contributed by atoms with Gasteiger partial charge in [-0.1, -0.05) is 41.5 Å². The zero-order valence-electron chi connectivity index (χ0n) is 11.7. The van der Waals surface area contributed by atoms with Crippen molar-refractivity contribution in [2.45, 2.75) is 27.2 Å². The molecule has 2 heteroatoms. The summed E-state index contributed by atoms with van der Waals surface area (Å²) in [5, 5.41) is 0. The number of halogens is 1. The van der Waals surface area contributed by atoms with E-state index in [2.05, 4.69) is 61.0 Å². The van der Waals surface area contributed by atoms with Crippen molar-refractivity contribution in [3.8, 4) is 5.75 Å². The molecular formula is C17H19BrO. The molecule has 100 valence electrons. The Bertz CT molecular complexity index is 535.